The molecule has 0 atom stereocenters. The predicted octanol–water partition coefficient (Wildman–Crippen LogP) is 4.02. The number of methoxy groups -OCH3 is 1. The first-order valence-electron chi connectivity index (χ1n) is 4.43. The van der Waals surface area contributed by atoms with Gasteiger partial charge in [-0.2, -0.15) is 0 Å². The molecule has 1 aromatic carbocycles. The van der Waals surface area contributed by atoms with Gasteiger partial charge in [0.25, 0.3) is 0 Å². The van der Waals surface area contributed by atoms with Crippen LogP contribution in [0.1, 0.15) is 18.1 Å². The minimum Gasteiger partial charge on any atom is -0.496 e. The van der Waals surface area contributed by atoms with E-state index in [1.54, 1.807) is 7.11 Å². The van der Waals surface area contributed by atoms with Gasteiger partial charge in [-0.3, -0.25) is 0 Å². The molecule has 2 nitrogen and oxygen atoms in total. The highest BCUT2D eigenvalue weighted by atomic mass is 127. The average molecular weight is 336 g/mol. The SMILES string of the molecule is COc1cc(C)c(/C=C(\C)OI)cc1S. The highest BCUT2D eigenvalue weighted by molar-refractivity contribution is 14.1. The molecule has 0 fully saturated rings. The van der Waals surface area contributed by atoms with Crippen molar-refractivity contribution in [3.63, 3.8) is 0 Å². The molecule has 0 saturated carbocycles. The van der Waals surface area contributed by atoms with Crippen molar-refractivity contribution in [2.45, 2.75) is 18.7 Å². The Bertz CT molecular complexity index is 388. The van der Waals surface area contributed by atoms with E-state index in [0.29, 0.717) is 0 Å². The van der Waals surface area contributed by atoms with Gasteiger partial charge >= 0.3 is 0 Å². The van der Waals surface area contributed by atoms with E-state index < -0.39 is 0 Å². The first kappa shape index (κ1) is 12.7. The van der Waals surface area contributed by atoms with Crippen LogP contribution in [0.4, 0.5) is 0 Å². The van der Waals surface area contributed by atoms with Gasteiger partial charge in [-0.25, -0.2) is 0 Å². The molecule has 0 saturated heterocycles. The van der Waals surface area contributed by atoms with Crippen LogP contribution in [-0.2, 0) is 3.07 Å². The summed E-state index contributed by atoms with van der Waals surface area (Å²) in [7, 11) is 1.64. The van der Waals surface area contributed by atoms with Crippen molar-refractivity contribution in [2.75, 3.05) is 7.11 Å². The Morgan fingerprint density at radius 3 is 2.67 bits per heavy atom. The summed E-state index contributed by atoms with van der Waals surface area (Å²) in [4.78, 5) is 0.829. The maximum absolute atomic E-state index is 5.18. The van der Waals surface area contributed by atoms with Gasteiger partial charge in [0.2, 0.25) is 0 Å². The van der Waals surface area contributed by atoms with Crippen LogP contribution in [0.15, 0.2) is 22.8 Å². The summed E-state index contributed by atoms with van der Waals surface area (Å²) < 4.78 is 10.3. The van der Waals surface area contributed by atoms with Crippen LogP contribution >= 0.6 is 35.6 Å². The number of allylic oxidation sites excluding steroid dienone is 1. The number of thiol groups is 1. The van der Waals surface area contributed by atoms with Crippen LogP contribution in [0.5, 0.6) is 5.75 Å². The second kappa shape index (κ2) is 5.65. The van der Waals surface area contributed by atoms with Gasteiger partial charge < -0.3 is 7.80 Å². The normalized spacial score (nSPS) is 11.4. The maximum atomic E-state index is 5.18. The first-order chi connectivity index (χ1) is 7.08. The molecular formula is C11H13IO2S. The Balaban J connectivity index is 3.16. The molecule has 1 rings (SSSR count). The predicted molar refractivity (Wildman–Crippen MR) is 73.7 cm³/mol. The second-order valence-electron chi connectivity index (χ2n) is 3.21. The third-order valence-electron chi connectivity index (χ3n) is 2.05. The maximum Gasteiger partial charge on any atom is 0.192 e. The molecule has 4 heteroatoms. The summed E-state index contributed by atoms with van der Waals surface area (Å²) in [5.74, 6) is 1.65. The summed E-state index contributed by atoms with van der Waals surface area (Å²) in [6.07, 6.45) is 1.97. The Morgan fingerprint density at radius 2 is 2.13 bits per heavy atom. The fraction of sp³-hybridized carbons (Fsp3) is 0.273. The lowest BCUT2D eigenvalue weighted by atomic mass is 10.1. The lowest BCUT2D eigenvalue weighted by Gasteiger charge is -2.08. The summed E-state index contributed by atoms with van der Waals surface area (Å²) in [5, 5.41) is 0. The number of hydrogen-bond donors (Lipinski definition) is 1. The van der Waals surface area contributed by atoms with Gasteiger partial charge in [0.1, 0.15) is 11.5 Å². The van der Waals surface area contributed by atoms with Crippen LogP contribution in [-0.4, -0.2) is 7.11 Å². The van der Waals surface area contributed by atoms with Gasteiger partial charge in [-0.1, -0.05) is 0 Å². The molecule has 82 valence electrons. The van der Waals surface area contributed by atoms with E-state index in [9.17, 15) is 0 Å². The van der Waals surface area contributed by atoms with Gasteiger partial charge in [-0.05, 0) is 43.2 Å². The molecule has 15 heavy (non-hydrogen) atoms. The van der Waals surface area contributed by atoms with Gasteiger partial charge in [0, 0.05) is 4.90 Å². The molecule has 1 aromatic rings. The van der Waals surface area contributed by atoms with Gasteiger partial charge in [0.15, 0.2) is 23.0 Å². The Morgan fingerprint density at radius 1 is 1.47 bits per heavy atom. The standard InChI is InChI=1S/C11H13IO2S/c1-7-4-10(13-3)11(15)6-9(7)5-8(2)14-12/h4-6,15H,1-3H3/b8-5+. The van der Waals surface area contributed by atoms with Crippen LogP contribution in [0.3, 0.4) is 0 Å². The fourth-order valence-corrected chi connectivity index (χ4v) is 1.67. The largest absolute Gasteiger partial charge is 0.496 e. The Hall–Kier alpha value is -0.360. The smallest absolute Gasteiger partial charge is 0.192 e. The van der Waals surface area contributed by atoms with E-state index in [2.05, 4.69) is 12.6 Å². The highest BCUT2D eigenvalue weighted by Gasteiger charge is 2.04. The molecule has 0 aliphatic carbocycles. The van der Waals surface area contributed by atoms with Crippen LogP contribution in [0.2, 0.25) is 0 Å². The average Bonchev–Trinajstić information content (AvgIpc) is 2.22. The molecule has 0 aliphatic heterocycles. The number of hydrogen-bond acceptors (Lipinski definition) is 3. The number of benzene rings is 1. The molecule has 0 aliphatic rings. The molecular weight excluding hydrogens is 323 g/mol. The molecule has 0 N–H and O–H groups in total. The van der Waals surface area contributed by atoms with E-state index in [4.69, 9.17) is 7.80 Å². The van der Waals surface area contributed by atoms with Crippen molar-refractivity contribution >= 4 is 41.7 Å². The summed E-state index contributed by atoms with van der Waals surface area (Å²) in [6.45, 7) is 3.94. The van der Waals surface area contributed by atoms with Gasteiger partial charge in [0.05, 0.1) is 7.11 Å². The first-order valence-corrected chi connectivity index (χ1v) is 5.75. The van der Waals surface area contributed by atoms with Crippen LogP contribution in [0, 0.1) is 6.92 Å². The zero-order chi connectivity index (χ0) is 11.4. The summed E-state index contributed by atoms with van der Waals surface area (Å²) in [5.41, 5.74) is 2.23. The zero-order valence-electron chi connectivity index (χ0n) is 8.87. The van der Waals surface area contributed by atoms with Crippen molar-refractivity contribution in [3.05, 3.63) is 29.0 Å². The fourth-order valence-electron chi connectivity index (χ4n) is 1.25. The van der Waals surface area contributed by atoms with Crippen molar-refractivity contribution in [2.24, 2.45) is 0 Å². The summed E-state index contributed by atoms with van der Waals surface area (Å²) >= 11 is 6.21. The molecule has 0 spiro atoms. The third kappa shape index (κ3) is 3.31. The van der Waals surface area contributed by atoms with Crippen LogP contribution < -0.4 is 4.74 Å². The zero-order valence-corrected chi connectivity index (χ0v) is 11.9. The summed E-state index contributed by atoms with van der Waals surface area (Å²) in [6, 6.07) is 3.94. The van der Waals surface area contributed by atoms with Crippen molar-refractivity contribution < 1.29 is 7.80 Å². The molecule has 0 heterocycles. The van der Waals surface area contributed by atoms with Crippen molar-refractivity contribution in [1.29, 1.82) is 0 Å². The molecule has 0 unspecified atom stereocenters. The lowest BCUT2D eigenvalue weighted by molar-refractivity contribution is 0.404. The van der Waals surface area contributed by atoms with Crippen molar-refractivity contribution in [3.8, 4) is 5.75 Å². The second-order valence-corrected chi connectivity index (χ2v) is 4.13. The van der Waals surface area contributed by atoms with E-state index >= 15 is 0 Å². The van der Waals surface area contributed by atoms with E-state index in [1.807, 2.05) is 55.1 Å². The number of ether oxygens (including phenoxy) is 1. The highest BCUT2D eigenvalue weighted by Crippen LogP contribution is 2.27. The lowest BCUT2D eigenvalue weighted by Crippen LogP contribution is -1.89. The molecule has 0 radical (unpaired) electrons. The Labute approximate surface area is 110 Å². The molecule has 0 aromatic heterocycles. The van der Waals surface area contributed by atoms with Crippen molar-refractivity contribution in [1.82, 2.24) is 0 Å². The topological polar surface area (TPSA) is 18.5 Å². The molecule has 0 bridgehead atoms. The van der Waals surface area contributed by atoms with Gasteiger partial charge in [-0.15, -0.1) is 12.6 Å². The Kier molecular flexibility index (Phi) is 4.79. The van der Waals surface area contributed by atoms with E-state index in [1.165, 1.54) is 0 Å². The minimum atomic E-state index is 0.793. The van der Waals surface area contributed by atoms with Crippen LogP contribution in [0.25, 0.3) is 6.08 Å². The number of halogens is 1. The third-order valence-corrected chi connectivity index (χ3v) is 3.09. The minimum absolute atomic E-state index is 0.793. The van der Waals surface area contributed by atoms with E-state index in [-0.39, 0.29) is 0 Å². The number of aryl methyl sites for hydroxylation is 1. The monoisotopic (exact) mass is 336 g/mol. The number of rotatable bonds is 3. The molecule has 0 amide bonds. The quantitative estimate of drug-likeness (QED) is 0.511. The van der Waals surface area contributed by atoms with E-state index in [0.717, 1.165) is 27.5 Å².